The predicted molar refractivity (Wildman–Crippen MR) is 99.9 cm³/mol. The molecule has 0 amide bonds. The van der Waals surface area contributed by atoms with E-state index in [4.69, 9.17) is 9.47 Å². The summed E-state index contributed by atoms with van der Waals surface area (Å²) in [6, 6.07) is 9.93. The number of nitro groups is 1. The van der Waals surface area contributed by atoms with Crippen LogP contribution in [0.15, 0.2) is 42.6 Å². The molecule has 0 spiro atoms. The zero-order valence-electron chi connectivity index (χ0n) is 15.2. The van der Waals surface area contributed by atoms with Gasteiger partial charge in [0.1, 0.15) is 23.8 Å². The van der Waals surface area contributed by atoms with Crippen molar-refractivity contribution >= 4 is 11.5 Å². The predicted octanol–water partition coefficient (Wildman–Crippen LogP) is 3.29. The Morgan fingerprint density at radius 3 is 2.78 bits per heavy atom. The lowest BCUT2D eigenvalue weighted by Gasteiger charge is -2.29. The van der Waals surface area contributed by atoms with Gasteiger partial charge in [0, 0.05) is 12.0 Å². The molecule has 0 aliphatic heterocycles. The number of rotatable bonds is 7. The lowest BCUT2D eigenvalue weighted by atomic mass is 9.85. The number of anilines is 1. The average molecular weight is 373 g/mol. The Bertz CT molecular complexity index is 799. The van der Waals surface area contributed by atoms with Crippen molar-refractivity contribution in [3.8, 4) is 11.5 Å². The number of aromatic nitrogens is 1. The first-order valence-electron chi connectivity index (χ1n) is 8.98. The summed E-state index contributed by atoms with van der Waals surface area (Å²) in [6.07, 6.45) is 5.15. The fourth-order valence-corrected chi connectivity index (χ4v) is 3.38. The van der Waals surface area contributed by atoms with E-state index in [1.165, 1.54) is 12.1 Å². The molecule has 1 aromatic heterocycles. The Morgan fingerprint density at radius 1 is 1.22 bits per heavy atom. The zero-order chi connectivity index (χ0) is 19.2. The molecule has 2 aromatic rings. The molecular formula is C19H23N3O5. The van der Waals surface area contributed by atoms with Crippen LogP contribution in [0.1, 0.15) is 25.7 Å². The van der Waals surface area contributed by atoms with E-state index in [-0.39, 0.29) is 23.5 Å². The second kappa shape index (κ2) is 8.57. The van der Waals surface area contributed by atoms with E-state index >= 15 is 0 Å². The average Bonchev–Trinajstić information content (AvgIpc) is 2.69. The van der Waals surface area contributed by atoms with Gasteiger partial charge in [-0.1, -0.05) is 12.5 Å². The van der Waals surface area contributed by atoms with Crippen molar-refractivity contribution in [2.24, 2.45) is 5.92 Å². The van der Waals surface area contributed by atoms with Crippen molar-refractivity contribution in [2.75, 3.05) is 19.0 Å². The molecule has 27 heavy (non-hydrogen) atoms. The van der Waals surface area contributed by atoms with E-state index < -0.39 is 4.92 Å². The summed E-state index contributed by atoms with van der Waals surface area (Å²) in [5, 5.41) is 26.2. The monoisotopic (exact) mass is 373 g/mol. The van der Waals surface area contributed by atoms with Gasteiger partial charge in [0.15, 0.2) is 0 Å². The van der Waals surface area contributed by atoms with Crippen LogP contribution in [0.25, 0.3) is 0 Å². The number of methoxy groups -OCH3 is 1. The van der Waals surface area contributed by atoms with E-state index in [1.807, 2.05) is 24.3 Å². The molecule has 1 fully saturated rings. The van der Waals surface area contributed by atoms with Gasteiger partial charge in [0.2, 0.25) is 0 Å². The molecule has 1 N–H and O–H groups in total. The Morgan fingerprint density at radius 2 is 2.00 bits per heavy atom. The van der Waals surface area contributed by atoms with Crippen LogP contribution >= 0.6 is 0 Å². The fraction of sp³-hybridized carbons (Fsp3) is 0.421. The van der Waals surface area contributed by atoms with Crippen molar-refractivity contribution < 1.29 is 19.1 Å². The molecule has 1 aliphatic rings. The standard InChI is InChI=1S/C19H23N3O5/c1-26-16-6-4-7-17(12-16)27-13-14-5-2-3-8-18(14)20-19-11-15(22(24)25)9-10-21(19)23/h4,6-7,9-12,14,18,20H,2-3,5,8,13H2,1H3/t14-,18+/m0/s1. The van der Waals surface area contributed by atoms with E-state index in [1.54, 1.807) is 7.11 Å². The highest BCUT2D eigenvalue weighted by Crippen LogP contribution is 2.29. The maximum Gasteiger partial charge on any atom is 0.284 e. The van der Waals surface area contributed by atoms with Gasteiger partial charge >= 0.3 is 0 Å². The van der Waals surface area contributed by atoms with Crippen LogP contribution in [0.3, 0.4) is 0 Å². The van der Waals surface area contributed by atoms with E-state index in [0.717, 1.165) is 43.4 Å². The quantitative estimate of drug-likeness (QED) is 0.346. The van der Waals surface area contributed by atoms with Crippen LogP contribution in [0, 0.1) is 21.2 Å². The molecular weight excluding hydrogens is 350 g/mol. The van der Waals surface area contributed by atoms with Gasteiger partial charge in [-0.2, -0.15) is 0 Å². The third-order valence-corrected chi connectivity index (χ3v) is 4.86. The van der Waals surface area contributed by atoms with Crippen LogP contribution < -0.4 is 19.5 Å². The highest BCUT2D eigenvalue weighted by atomic mass is 16.6. The molecule has 1 aliphatic carbocycles. The lowest BCUT2D eigenvalue weighted by molar-refractivity contribution is -0.591. The number of benzene rings is 1. The van der Waals surface area contributed by atoms with Gasteiger partial charge in [-0.25, -0.2) is 4.73 Å². The highest BCUT2D eigenvalue weighted by molar-refractivity contribution is 5.41. The Hall–Kier alpha value is -3.03. The maximum absolute atomic E-state index is 12.0. The summed E-state index contributed by atoms with van der Waals surface area (Å²) in [7, 11) is 1.61. The van der Waals surface area contributed by atoms with Crippen molar-refractivity contribution in [1.29, 1.82) is 0 Å². The SMILES string of the molecule is COc1cccc(OC[C@@H]2CCCC[C@H]2Nc2cc([N+](=O)[O-])cc[n+]2[O-])c1. The number of ether oxygens (including phenoxy) is 2. The minimum Gasteiger partial charge on any atom is -0.711 e. The minimum atomic E-state index is -0.505. The third kappa shape index (κ3) is 4.78. The molecule has 2 atom stereocenters. The molecule has 0 saturated heterocycles. The van der Waals surface area contributed by atoms with Gasteiger partial charge < -0.3 is 14.7 Å². The number of hydrogen-bond acceptors (Lipinski definition) is 6. The second-order valence-electron chi connectivity index (χ2n) is 6.64. The summed E-state index contributed by atoms with van der Waals surface area (Å²) >= 11 is 0. The van der Waals surface area contributed by atoms with Crippen molar-refractivity contribution in [3.05, 3.63) is 57.9 Å². The van der Waals surface area contributed by atoms with E-state index in [2.05, 4.69) is 5.32 Å². The molecule has 8 nitrogen and oxygen atoms in total. The summed E-state index contributed by atoms with van der Waals surface area (Å²) in [4.78, 5) is 10.5. The first-order chi connectivity index (χ1) is 13.1. The molecule has 0 radical (unpaired) electrons. The second-order valence-corrected chi connectivity index (χ2v) is 6.64. The van der Waals surface area contributed by atoms with Gasteiger partial charge in [0.25, 0.3) is 11.5 Å². The highest BCUT2D eigenvalue weighted by Gasteiger charge is 2.30. The molecule has 0 unspecified atom stereocenters. The number of nitrogens with one attached hydrogen (secondary N) is 1. The van der Waals surface area contributed by atoms with Crippen molar-refractivity contribution in [2.45, 2.75) is 31.7 Å². The van der Waals surface area contributed by atoms with Crippen LogP contribution in [0.2, 0.25) is 0 Å². The first kappa shape index (κ1) is 18.8. The maximum atomic E-state index is 12.0. The van der Waals surface area contributed by atoms with Crippen LogP contribution in [-0.4, -0.2) is 24.7 Å². The lowest BCUT2D eigenvalue weighted by Crippen LogP contribution is -2.40. The topological polar surface area (TPSA) is 101 Å². The van der Waals surface area contributed by atoms with Crippen LogP contribution in [-0.2, 0) is 0 Å². The Balaban J connectivity index is 1.68. The number of hydrogen-bond donors (Lipinski definition) is 1. The first-order valence-corrected chi connectivity index (χ1v) is 8.98. The molecule has 1 heterocycles. The summed E-state index contributed by atoms with van der Waals surface area (Å²) < 4.78 is 11.8. The van der Waals surface area contributed by atoms with Gasteiger partial charge in [0.05, 0.1) is 30.7 Å². The molecule has 0 bridgehead atoms. The fourth-order valence-electron chi connectivity index (χ4n) is 3.38. The summed E-state index contributed by atoms with van der Waals surface area (Å²) in [6.45, 7) is 0.499. The van der Waals surface area contributed by atoms with E-state index in [9.17, 15) is 15.3 Å². The van der Waals surface area contributed by atoms with Gasteiger partial charge in [-0.05, 0) is 31.4 Å². The molecule has 8 heteroatoms. The Kier molecular flexibility index (Phi) is 5.95. The molecule has 144 valence electrons. The third-order valence-electron chi connectivity index (χ3n) is 4.86. The van der Waals surface area contributed by atoms with Crippen molar-refractivity contribution in [3.63, 3.8) is 0 Å². The van der Waals surface area contributed by atoms with Gasteiger partial charge in [-0.3, -0.25) is 15.4 Å². The van der Waals surface area contributed by atoms with Crippen LogP contribution in [0.4, 0.5) is 11.5 Å². The minimum absolute atomic E-state index is 0.0200. The Labute approximate surface area is 157 Å². The molecule has 1 aromatic carbocycles. The normalized spacial score (nSPS) is 19.3. The zero-order valence-corrected chi connectivity index (χ0v) is 15.2. The summed E-state index contributed by atoms with van der Waals surface area (Å²) in [5.41, 5.74) is -0.107. The van der Waals surface area contributed by atoms with E-state index in [0.29, 0.717) is 11.3 Å². The molecule has 3 rings (SSSR count). The van der Waals surface area contributed by atoms with Crippen LogP contribution in [0.5, 0.6) is 11.5 Å². The van der Waals surface area contributed by atoms with Gasteiger partial charge in [-0.15, -0.1) is 0 Å². The summed E-state index contributed by atoms with van der Waals surface area (Å²) in [5.74, 6) is 1.86. The smallest absolute Gasteiger partial charge is 0.284 e. The van der Waals surface area contributed by atoms with Crippen molar-refractivity contribution in [1.82, 2.24) is 0 Å². The molecule has 1 saturated carbocycles. The number of nitrogens with zero attached hydrogens (tertiary/aromatic N) is 2. The number of pyridine rings is 1. The largest absolute Gasteiger partial charge is 0.711 e.